The predicted octanol–water partition coefficient (Wildman–Crippen LogP) is 2.32. The van der Waals surface area contributed by atoms with Gasteiger partial charge in [0.05, 0.1) is 40.6 Å². The highest BCUT2D eigenvalue weighted by Crippen LogP contribution is 2.31. The Morgan fingerprint density at radius 1 is 1.28 bits per heavy atom. The summed E-state index contributed by atoms with van der Waals surface area (Å²) in [6, 6.07) is 6.78. The van der Waals surface area contributed by atoms with E-state index in [1.165, 1.54) is 25.1 Å². The number of amides is 2. The molecule has 2 aliphatic heterocycles. The van der Waals surface area contributed by atoms with E-state index >= 15 is 0 Å². The number of ether oxygens (including phenoxy) is 1. The number of aliphatic hydroxyl groups is 1. The molecule has 10 nitrogen and oxygen atoms in total. The van der Waals surface area contributed by atoms with Crippen molar-refractivity contribution in [1.82, 2.24) is 25.4 Å². The summed E-state index contributed by atoms with van der Waals surface area (Å²) in [6.45, 7) is 0.844. The lowest BCUT2D eigenvalue weighted by atomic mass is 9.86. The summed E-state index contributed by atoms with van der Waals surface area (Å²) in [5.41, 5.74) is 3.39. The molecule has 0 aliphatic carbocycles. The Bertz CT molecular complexity index is 1330. The van der Waals surface area contributed by atoms with Crippen LogP contribution < -0.4 is 15.5 Å². The normalized spacial score (nSPS) is 17.4. The van der Waals surface area contributed by atoms with Gasteiger partial charge in [-0.15, -0.1) is 11.8 Å². The summed E-state index contributed by atoms with van der Waals surface area (Å²) in [4.78, 5) is 37.8. The smallest absolute Gasteiger partial charge is 0.284 e. The molecule has 188 valence electrons. The number of aryl methyl sites for hydroxylation is 1. The lowest BCUT2D eigenvalue weighted by molar-refractivity contribution is -0.113. The minimum absolute atomic E-state index is 0.151. The van der Waals surface area contributed by atoms with Crippen molar-refractivity contribution in [1.29, 1.82) is 0 Å². The van der Waals surface area contributed by atoms with Gasteiger partial charge >= 0.3 is 0 Å². The number of thioether (sulfide) groups is 1. The number of piperidine rings is 1. The highest BCUT2D eigenvalue weighted by molar-refractivity contribution is 8.00. The molecule has 5 heterocycles. The number of hydrazine groups is 1. The molecule has 0 atom stereocenters. The van der Waals surface area contributed by atoms with Gasteiger partial charge in [-0.3, -0.25) is 20.0 Å². The molecule has 0 radical (unpaired) electrons. The van der Waals surface area contributed by atoms with Crippen LogP contribution >= 0.6 is 11.8 Å². The Morgan fingerprint density at radius 3 is 2.86 bits per heavy atom. The molecule has 3 aromatic heterocycles. The fourth-order valence-corrected chi connectivity index (χ4v) is 5.12. The van der Waals surface area contributed by atoms with Crippen LogP contribution in [0.25, 0.3) is 11.0 Å². The number of hydrogen-bond acceptors (Lipinski definition) is 9. The summed E-state index contributed by atoms with van der Waals surface area (Å²) in [5.74, 6) is 0.0731. The monoisotopic (exact) mass is 512 g/mol. The molecule has 0 unspecified atom stereocenters. The molecule has 36 heavy (non-hydrogen) atoms. The lowest BCUT2D eigenvalue weighted by Crippen LogP contribution is -2.51. The van der Waals surface area contributed by atoms with Gasteiger partial charge < -0.3 is 15.2 Å². The fraction of sp³-hybridized carbons (Fsp3) is 0.375. The first kappa shape index (κ1) is 24.3. The number of carbonyl (C=O) groups excluding carboxylic acids is 2. The van der Waals surface area contributed by atoms with E-state index in [9.17, 15) is 19.1 Å². The van der Waals surface area contributed by atoms with Crippen LogP contribution in [0, 0.1) is 5.82 Å². The Kier molecular flexibility index (Phi) is 6.73. The third kappa shape index (κ3) is 5.11. The van der Waals surface area contributed by atoms with Crippen LogP contribution in [-0.4, -0.2) is 68.4 Å². The van der Waals surface area contributed by atoms with E-state index in [0.29, 0.717) is 66.4 Å². The molecule has 0 aromatic carbocycles. The summed E-state index contributed by atoms with van der Waals surface area (Å²) < 4.78 is 19.8. The van der Waals surface area contributed by atoms with E-state index < -0.39 is 17.3 Å². The minimum atomic E-state index is -1.01. The van der Waals surface area contributed by atoms with E-state index in [2.05, 4.69) is 25.7 Å². The Balaban J connectivity index is 1.19. The zero-order valence-electron chi connectivity index (χ0n) is 19.6. The van der Waals surface area contributed by atoms with Gasteiger partial charge in [0.1, 0.15) is 17.3 Å². The molecule has 0 spiro atoms. The van der Waals surface area contributed by atoms with E-state index in [0.717, 1.165) is 4.90 Å². The number of fused-ring (bicyclic) bond motifs is 2. The van der Waals surface area contributed by atoms with Crippen LogP contribution in [-0.2, 0) is 11.2 Å². The van der Waals surface area contributed by atoms with Crippen molar-refractivity contribution in [2.75, 3.05) is 31.3 Å². The number of nitrogens with zero attached hydrogens (tertiary/aromatic N) is 4. The van der Waals surface area contributed by atoms with Crippen molar-refractivity contribution >= 4 is 40.4 Å². The van der Waals surface area contributed by atoms with Crippen molar-refractivity contribution < 1.29 is 23.8 Å². The topological polar surface area (TPSA) is 130 Å². The minimum Gasteiger partial charge on any atom is -0.481 e. The van der Waals surface area contributed by atoms with E-state index in [-0.39, 0.29) is 18.0 Å². The highest BCUT2D eigenvalue weighted by atomic mass is 32.2. The number of pyridine rings is 3. The first-order valence-corrected chi connectivity index (χ1v) is 12.5. The molecular weight excluding hydrogens is 487 g/mol. The quantitative estimate of drug-likeness (QED) is 0.456. The number of hydrogen-bond donors (Lipinski definition) is 3. The average Bonchev–Trinajstić information content (AvgIpc) is 2.88. The van der Waals surface area contributed by atoms with Crippen LogP contribution in [0.1, 0.15) is 35.3 Å². The van der Waals surface area contributed by atoms with E-state index in [1.807, 2.05) is 0 Å². The van der Waals surface area contributed by atoms with Crippen LogP contribution in [0.3, 0.4) is 0 Å². The first-order valence-electron chi connectivity index (χ1n) is 11.5. The SMILES string of the molecule is COc1ccc2ncc(F)c(CCC3(O)CCN(NC(=O)c4ccc5c(n4)NC(=O)CS5)CC3)c2n1. The molecule has 2 amide bonds. The molecule has 1 saturated heterocycles. The first-order chi connectivity index (χ1) is 17.3. The van der Waals surface area contributed by atoms with Gasteiger partial charge in [-0.05, 0) is 43.9 Å². The molecular formula is C24H25FN6O4S. The second-order valence-electron chi connectivity index (χ2n) is 8.84. The third-order valence-corrected chi connectivity index (χ3v) is 7.50. The summed E-state index contributed by atoms with van der Waals surface area (Å²) in [7, 11) is 1.49. The maximum atomic E-state index is 14.6. The van der Waals surface area contributed by atoms with E-state index in [1.54, 1.807) is 29.3 Å². The summed E-state index contributed by atoms with van der Waals surface area (Å²) in [5, 5.41) is 15.6. The largest absolute Gasteiger partial charge is 0.481 e. The van der Waals surface area contributed by atoms with Crippen LogP contribution in [0.2, 0.25) is 0 Å². The maximum Gasteiger partial charge on any atom is 0.284 e. The van der Waals surface area contributed by atoms with E-state index in [4.69, 9.17) is 4.74 Å². The van der Waals surface area contributed by atoms with Gasteiger partial charge in [-0.1, -0.05) is 0 Å². The number of nitrogens with one attached hydrogen (secondary N) is 2. The zero-order chi connectivity index (χ0) is 25.3. The van der Waals surface area contributed by atoms with Gasteiger partial charge in [-0.2, -0.15) is 0 Å². The third-order valence-electron chi connectivity index (χ3n) is 6.45. The van der Waals surface area contributed by atoms with Gasteiger partial charge in [0, 0.05) is 24.7 Å². The molecule has 2 aliphatic rings. The fourth-order valence-electron chi connectivity index (χ4n) is 4.36. The van der Waals surface area contributed by atoms with Crippen molar-refractivity contribution in [3.8, 4) is 5.88 Å². The maximum absolute atomic E-state index is 14.6. The second kappa shape index (κ2) is 9.96. The highest BCUT2D eigenvalue weighted by Gasteiger charge is 2.33. The zero-order valence-corrected chi connectivity index (χ0v) is 20.4. The number of methoxy groups -OCH3 is 1. The van der Waals surface area contributed by atoms with Gasteiger partial charge in [0.15, 0.2) is 0 Å². The molecule has 12 heteroatoms. The van der Waals surface area contributed by atoms with Crippen molar-refractivity contribution in [3.05, 3.63) is 47.5 Å². The second-order valence-corrected chi connectivity index (χ2v) is 9.86. The van der Waals surface area contributed by atoms with Crippen LogP contribution in [0.15, 0.2) is 35.4 Å². The number of rotatable bonds is 6. The average molecular weight is 513 g/mol. The Hall–Kier alpha value is -3.35. The van der Waals surface area contributed by atoms with Crippen molar-refractivity contribution in [2.24, 2.45) is 0 Å². The van der Waals surface area contributed by atoms with Gasteiger partial charge in [0.2, 0.25) is 11.8 Å². The van der Waals surface area contributed by atoms with Crippen molar-refractivity contribution in [3.63, 3.8) is 0 Å². The Morgan fingerprint density at radius 2 is 2.08 bits per heavy atom. The predicted molar refractivity (Wildman–Crippen MR) is 131 cm³/mol. The molecule has 5 rings (SSSR count). The molecule has 0 bridgehead atoms. The van der Waals surface area contributed by atoms with Crippen molar-refractivity contribution in [2.45, 2.75) is 36.2 Å². The number of anilines is 1. The Labute approximate surface area is 210 Å². The van der Waals surface area contributed by atoms with Crippen LogP contribution in [0.4, 0.5) is 10.2 Å². The number of aromatic nitrogens is 3. The number of carbonyl (C=O) groups is 2. The molecule has 1 fully saturated rings. The summed E-state index contributed by atoms with van der Waals surface area (Å²) >= 11 is 1.38. The molecule has 0 saturated carbocycles. The van der Waals surface area contributed by atoms with Crippen LogP contribution in [0.5, 0.6) is 5.88 Å². The standard InChI is InChI=1S/C24H25FN6O4S/c1-35-20-5-3-16-21(29-20)14(15(25)12-26-16)6-7-24(34)8-10-31(11-9-24)30-23(33)17-2-4-18-22(27-17)28-19(32)13-36-18/h2-5,12,34H,6-11,13H2,1H3,(H,30,33)(H,27,28,32). The lowest BCUT2D eigenvalue weighted by Gasteiger charge is -2.38. The molecule has 3 N–H and O–H groups in total. The van der Waals surface area contributed by atoms with Gasteiger partial charge in [0.25, 0.3) is 5.91 Å². The molecule has 3 aromatic rings. The summed E-state index contributed by atoms with van der Waals surface area (Å²) in [6.07, 6.45) is 2.61. The van der Waals surface area contributed by atoms with Gasteiger partial charge in [-0.25, -0.2) is 19.4 Å². The number of halogens is 1.